The molecule has 0 spiro atoms. The molecular weight excluding hydrogens is 276 g/mol. The molecule has 7 nitrogen and oxygen atoms in total. The Morgan fingerprint density at radius 2 is 2.35 bits per heavy atom. The predicted octanol–water partition coefficient (Wildman–Crippen LogP) is 1.46. The molecule has 8 heteroatoms. The first-order valence-electron chi connectivity index (χ1n) is 6.12. The van der Waals surface area contributed by atoms with Crippen molar-refractivity contribution < 1.29 is 5.11 Å². The van der Waals surface area contributed by atoms with Crippen LogP contribution in [0.5, 0.6) is 0 Å². The van der Waals surface area contributed by atoms with E-state index >= 15 is 0 Å². The molecular formula is C12H14N6OS. The van der Waals surface area contributed by atoms with Gasteiger partial charge in [0.1, 0.15) is 5.82 Å². The summed E-state index contributed by atoms with van der Waals surface area (Å²) >= 11 is 1.55. The smallest absolute Gasteiger partial charge is 0.222 e. The second-order valence-corrected chi connectivity index (χ2v) is 5.51. The maximum absolute atomic E-state index is 9.36. The molecule has 1 atom stereocenters. The Bertz CT molecular complexity index is 721. The van der Waals surface area contributed by atoms with Crippen LogP contribution in [0.2, 0.25) is 0 Å². The zero-order valence-electron chi connectivity index (χ0n) is 10.8. The molecule has 0 aliphatic heterocycles. The van der Waals surface area contributed by atoms with Gasteiger partial charge in [-0.1, -0.05) is 0 Å². The molecule has 20 heavy (non-hydrogen) atoms. The molecule has 0 bridgehead atoms. The number of nitrogen functional groups attached to an aromatic ring is 1. The number of anilines is 2. The van der Waals surface area contributed by atoms with Gasteiger partial charge in [0.05, 0.1) is 26.9 Å². The maximum atomic E-state index is 9.36. The quantitative estimate of drug-likeness (QED) is 0.578. The number of aromatic amines is 1. The number of aliphatic hydroxyl groups excluding tert-OH is 1. The van der Waals surface area contributed by atoms with Crippen molar-refractivity contribution in [3.05, 3.63) is 18.3 Å². The van der Waals surface area contributed by atoms with Crippen LogP contribution < -0.4 is 11.1 Å². The Balaban J connectivity index is 2.05. The highest BCUT2D eigenvalue weighted by molar-refractivity contribution is 7.22. The molecule has 1 unspecified atom stereocenters. The first-order chi connectivity index (χ1) is 9.63. The molecule has 3 aromatic heterocycles. The number of hydrogen-bond donors (Lipinski definition) is 4. The summed E-state index contributed by atoms with van der Waals surface area (Å²) in [4.78, 5) is 9.44. The molecule has 0 saturated heterocycles. The van der Waals surface area contributed by atoms with Crippen LogP contribution in [0.4, 0.5) is 11.8 Å². The van der Waals surface area contributed by atoms with E-state index in [0.29, 0.717) is 12.4 Å². The Hall–Kier alpha value is -2.19. The highest BCUT2D eigenvalue weighted by Crippen LogP contribution is 2.35. The third kappa shape index (κ3) is 2.43. The van der Waals surface area contributed by atoms with E-state index in [0.717, 1.165) is 20.8 Å². The zero-order valence-corrected chi connectivity index (χ0v) is 11.6. The standard InChI is InChI=1S/C12H14N6OS/c1-6(19)5-14-11-10-8(16-12(13)17-11)4-9(20-10)7-2-3-15-18-7/h2-4,6,19H,5H2,1H3,(H,15,18)(H3,13,14,16,17). The monoisotopic (exact) mass is 290 g/mol. The fraction of sp³-hybridized carbons (Fsp3) is 0.250. The van der Waals surface area contributed by atoms with Crippen molar-refractivity contribution in [1.82, 2.24) is 20.2 Å². The summed E-state index contributed by atoms with van der Waals surface area (Å²) in [6, 6.07) is 3.84. The first kappa shape index (κ1) is 12.8. The molecule has 0 aliphatic rings. The van der Waals surface area contributed by atoms with Gasteiger partial charge in [-0.2, -0.15) is 10.1 Å². The van der Waals surface area contributed by atoms with Gasteiger partial charge in [0.15, 0.2) is 0 Å². The van der Waals surface area contributed by atoms with Crippen molar-refractivity contribution >= 4 is 33.3 Å². The minimum Gasteiger partial charge on any atom is -0.392 e. The Morgan fingerprint density at radius 3 is 3.05 bits per heavy atom. The average molecular weight is 290 g/mol. The van der Waals surface area contributed by atoms with E-state index in [-0.39, 0.29) is 5.95 Å². The van der Waals surface area contributed by atoms with E-state index in [1.165, 1.54) is 0 Å². The van der Waals surface area contributed by atoms with Crippen molar-refractivity contribution in [3.8, 4) is 10.6 Å². The summed E-state index contributed by atoms with van der Waals surface area (Å²) in [6.07, 6.45) is 1.24. The SMILES string of the molecule is CC(O)CNc1nc(N)nc2cc(-c3ccn[nH]3)sc12. The normalized spacial score (nSPS) is 12.7. The van der Waals surface area contributed by atoms with Crippen LogP contribution in [-0.4, -0.2) is 37.9 Å². The van der Waals surface area contributed by atoms with Gasteiger partial charge in [-0.15, -0.1) is 11.3 Å². The molecule has 0 radical (unpaired) electrons. The Kier molecular flexibility index (Phi) is 3.25. The van der Waals surface area contributed by atoms with Gasteiger partial charge in [-0.3, -0.25) is 5.10 Å². The van der Waals surface area contributed by atoms with Gasteiger partial charge in [0.2, 0.25) is 5.95 Å². The molecule has 3 aromatic rings. The molecule has 104 valence electrons. The van der Waals surface area contributed by atoms with Gasteiger partial charge < -0.3 is 16.2 Å². The molecule has 3 heterocycles. The Morgan fingerprint density at radius 1 is 1.50 bits per heavy atom. The lowest BCUT2D eigenvalue weighted by atomic mass is 10.3. The van der Waals surface area contributed by atoms with Crippen molar-refractivity contribution in [2.24, 2.45) is 0 Å². The van der Waals surface area contributed by atoms with Gasteiger partial charge in [-0.05, 0) is 19.1 Å². The van der Waals surface area contributed by atoms with E-state index in [4.69, 9.17) is 5.73 Å². The van der Waals surface area contributed by atoms with Gasteiger partial charge in [-0.25, -0.2) is 4.98 Å². The second kappa shape index (κ2) is 5.06. The molecule has 0 aliphatic carbocycles. The molecule has 3 rings (SSSR count). The van der Waals surface area contributed by atoms with Crippen LogP contribution in [0.1, 0.15) is 6.92 Å². The van der Waals surface area contributed by atoms with E-state index in [9.17, 15) is 5.11 Å². The lowest BCUT2D eigenvalue weighted by Gasteiger charge is -2.08. The largest absolute Gasteiger partial charge is 0.392 e. The number of nitrogens with zero attached hydrogens (tertiary/aromatic N) is 3. The maximum Gasteiger partial charge on any atom is 0.222 e. The van der Waals surface area contributed by atoms with Crippen LogP contribution in [-0.2, 0) is 0 Å². The Labute approximate surface area is 118 Å². The van der Waals surface area contributed by atoms with Crippen LogP contribution in [0.25, 0.3) is 20.8 Å². The minimum absolute atomic E-state index is 0.208. The second-order valence-electron chi connectivity index (χ2n) is 4.46. The van der Waals surface area contributed by atoms with Crippen LogP contribution >= 0.6 is 11.3 Å². The molecule has 0 saturated carbocycles. The summed E-state index contributed by atoms with van der Waals surface area (Å²) in [5.41, 5.74) is 7.42. The number of nitrogens with one attached hydrogen (secondary N) is 2. The van der Waals surface area contributed by atoms with E-state index in [1.54, 1.807) is 24.5 Å². The van der Waals surface area contributed by atoms with Crippen LogP contribution in [0.15, 0.2) is 18.3 Å². The fourth-order valence-corrected chi connectivity index (χ4v) is 2.88. The fourth-order valence-electron chi connectivity index (χ4n) is 1.84. The number of rotatable bonds is 4. The van der Waals surface area contributed by atoms with E-state index < -0.39 is 6.10 Å². The highest BCUT2D eigenvalue weighted by Gasteiger charge is 2.13. The topological polar surface area (TPSA) is 113 Å². The van der Waals surface area contributed by atoms with Crippen LogP contribution in [0.3, 0.4) is 0 Å². The number of aliphatic hydroxyl groups is 1. The highest BCUT2D eigenvalue weighted by atomic mass is 32.1. The summed E-state index contributed by atoms with van der Waals surface area (Å²) in [5, 5.41) is 19.3. The minimum atomic E-state index is -0.465. The van der Waals surface area contributed by atoms with Gasteiger partial charge in [0.25, 0.3) is 0 Å². The van der Waals surface area contributed by atoms with Crippen molar-refractivity contribution in [2.75, 3.05) is 17.6 Å². The van der Waals surface area contributed by atoms with Crippen LogP contribution in [0, 0.1) is 0 Å². The summed E-state index contributed by atoms with van der Waals surface area (Å²) in [7, 11) is 0. The summed E-state index contributed by atoms with van der Waals surface area (Å²) in [6.45, 7) is 2.11. The van der Waals surface area contributed by atoms with E-state index in [1.807, 2.05) is 12.1 Å². The van der Waals surface area contributed by atoms with Crippen molar-refractivity contribution in [2.45, 2.75) is 13.0 Å². The number of nitrogens with two attached hydrogens (primary N) is 1. The zero-order chi connectivity index (χ0) is 14.1. The summed E-state index contributed by atoms with van der Waals surface area (Å²) < 4.78 is 0.907. The lowest BCUT2D eigenvalue weighted by Crippen LogP contribution is -2.16. The predicted molar refractivity (Wildman–Crippen MR) is 79.6 cm³/mol. The molecule has 0 amide bonds. The van der Waals surface area contributed by atoms with Gasteiger partial charge in [0, 0.05) is 12.7 Å². The molecule has 0 aromatic carbocycles. The number of fused-ring (bicyclic) bond motifs is 1. The number of hydrogen-bond acceptors (Lipinski definition) is 7. The average Bonchev–Trinajstić information content (AvgIpc) is 3.03. The first-order valence-corrected chi connectivity index (χ1v) is 6.94. The van der Waals surface area contributed by atoms with Crippen molar-refractivity contribution in [3.63, 3.8) is 0 Å². The third-order valence-corrected chi connectivity index (χ3v) is 3.88. The molecule has 5 N–H and O–H groups in total. The number of thiophene rings is 1. The summed E-state index contributed by atoms with van der Waals surface area (Å²) in [5.74, 6) is 0.851. The van der Waals surface area contributed by atoms with Crippen molar-refractivity contribution in [1.29, 1.82) is 0 Å². The number of aromatic nitrogens is 4. The number of H-pyrrole nitrogens is 1. The van der Waals surface area contributed by atoms with Gasteiger partial charge >= 0.3 is 0 Å². The third-order valence-electron chi connectivity index (χ3n) is 2.72. The molecule has 0 fully saturated rings. The lowest BCUT2D eigenvalue weighted by molar-refractivity contribution is 0.208. The van der Waals surface area contributed by atoms with E-state index in [2.05, 4.69) is 25.5 Å².